The SMILES string of the molecule is CN=C(NCc1ccnc(-n2cccn2)c1)NCC1(N2CCOCC2)CCCCC1.I. The number of morpholine rings is 1. The van der Waals surface area contributed by atoms with Gasteiger partial charge in [0.25, 0.3) is 0 Å². The molecule has 2 aromatic heterocycles. The van der Waals surface area contributed by atoms with E-state index in [4.69, 9.17) is 4.74 Å². The Kier molecular flexibility index (Phi) is 9.09. The summed E-state index contributed by atoms with van der Waals surface area (Å²) in [5.74, 6) is 1.65. The second kappa shape index (κ2) is 11.8. The molecule has 0 bridgehead atoms. The minimum Gasteiger partial charge on any atom is -0.379 e. The van der Waals surface area contributed by atoms with Gasteiger partial charge in [-0.1, -0.05) is 19.3 Å². The molecule has 2 N–H and O–H groups in total. The van der Waals surface area contributed by atoms with Crippen LogP contribution in [0.15, 0.2) is 41.8 Å². The molecule has 8 nitrogen and oxygen atoms in total. The summed E-state index contributed by atoms with van der Waals surface area (Å²) in [7, 11) is 1.83. The monoisotopic (exact) mass is 539 g/mol. The normalized spacial score (nSPS) is 19.5. The lowest BCUT2D eigenvalue weighted by Gasteiger charge is -2.48. The van der Waals surface area contributed by atoms with Crippen molar-refractivity contribution in [1.82, 2.24) is 30.3 Å². The van der Waals surface area contributed by atoms with Crippen molar-refractivity contribution in [2.75, 3.05) is 39.9 Å². The van der Waals surface area contributed by atoms with E-state index in [1.165, 1.54) is 32.1 Å². The van der Waals surface area contributed by atoms with Crippen molar-refractivity contribution in [3.05, 3.63) is 42.4 Å². The van der Waals surface area contributed by atoms with Gasteiger partial charge in [0.1, 0.15) is 0 Å². The van der Waals surface area contributed by atoms with E-state index in [2.05, 4.69) is 30.6 Å². The maximum atomic E-state index is 5.60. The molecule has 2 aromatic rings. The number of ether oxygens (including phenoxy) is 1. The molecule has 0 unspecified atom stereocenters. The number of nitrogens with zero attached hydrogens (tertiary/aromatic N) is 5. The highest BCUT2D eigenvalue weighted by Crippen LogP contribution is 2.33. The van der Waals surface area contributed by atoms with Gasteiger partial charge in [0.05, 0.1) is 13.2 Å². The van der Waals surface area contributed by atoms with Gasteiger partial charge in [-0.15, -0.1) is 24.0 Å². The fourth-order valence-corrected chi connectivity index (χ4v) is 4.61. The summed E-state index contributed by atoms with van der Waals surface area (Å²) in [4.78, 5) is 11.5. The van der Waals surface area contributed by atoms with Crippen LogP contribution >= 0.6 is 24.0 Å². The molecule has 1 saturated carbocycles. The molecule has 1 aliphatic heterocycles. The van der Waals surface area contributed by atoms with E-state index >= 15 is 0 Å². The van der Waals surface area contributed by atoms with Crippen LogP contribution in [0.4, 0.5) is 0 Å². The summed E-state index contributed by atoms with van der Waals surface area (Å²) in [6.07, 6.45) is 11.9. The molecule has 170 valence electrons. The average molecular weight is 539 g/mol. The minimum absolute atomic E-state index is 0. The van der Waals surface area contributed by atoms with Crippen LogP contribution < -0.4 is 10.6 Å². The predicted octanol–water partition coefficient (Wildman–Crippen LogP) is 2.59. The van der Waals surface area contributed by atoms with Crippen LogP contribution in [-0.4, -0.2) is 71.1 Å². The second-order valence-electron chi connectivity index (χ2n) is 8.14. The van der Waals surface area contributed by atoms with Gasteiger partial charge in [-0.2, -0.15) is 5.10 Å². The lowest BCUT2D eigenvalue weighted by atomic mass is 9.80. The number of hydrogen-bond donors (Lipinski definition) is 2. The maximum absolute atomic E-state index is 5.60. The Morgan fingerprint density at radius 1 is 1.16 bits per heavy atom. The zero-order valence-corrected chi connectivity index (χ0v) is 20.6. The highest BCUT2D eigenvalue weighted by molar-refractivity contribution is 14.0. The molecule has 0 aromatic carbocycles. The van der Waals surface area contributed by atoms with Crippen molar-refractivity contribution in [3.8, 4) is 5.82 Å². The van der Waals surface area contributed by atoms with Gasteiger partial charge in [0.15, 0.2) is 11.8 Å². The Morgan fingerprint density at radius 2 is 1.97 bits per heavy atom. The van der Waals surface area contributed by atoms with Crippen molar-refractivity contribution in [2.24, 2.45) is 4.99 Å². The number of hydrogen-bond acceptors (Lipinski definition) is 5. The fraction of sp³-hybridized carbons (Fsp3) is 0.591. The number of aliphatic imine (C=N–C) groups is 1. The molecule has 4 rings (SSSR count). The van der Waals surface area contributed by atoms with Crippen molar-refractivity contribution in [2.45, 2.75) is 44.2 Å². The first-order chi connectivity index (χ1) is 14.8. The third-order valence-corrected chi connectivity index (χ3v) is 6.28. The van der Waals surface area contributed by atoms with E-state index in [-0.39, 0.29) is 29.5 Å². The summed E-state index contributed by atoms with van der Waals surface area (Å²) in [6.45, 7) is 5.34. The van der Waals surface area contributed by atoms with Crippen molar-refractivity contribution >= 4 is 29.9 Å². The molecule has 1 saturated heterocycles. The highest BCUT2D eigenvalue weighted by Gasteiger charge is 2.38. The van der Waals surface area contributed by atoms with Crippen LogP contribution in [0.5, 0.6) is 0 Å². The van der Waals surface area contributed by atoms with Gasteiger partial charge in [-0.3, -0.25) is 9.89 Å². The van der Waals surface area contributed by atoms with Crippen LogP contribution in [0.3, 0.4) is 0 Å². The number of guanidine groups is 1. The van der Waals surface area contributed by atoms with Gasteiger partial charge in [0, 0.05) is 57.4 Å². The zero-order chi connectivity index (χ0) is 20.7. The smallest absolute Gasteiger partial charge is 0.191 e. The molecule has 2 aliphatic rings. The Bertz CT molecular complexity index is 815. The molecule has 1 aliphatic carbocycles. The molecule has 31 heavy (non-hydrogen) atoms. The van der Waals surface area contributed by atoms with Crippen molar-refractivity contribution in [1.29, 1.82) is 0 Å². The summed E-state index contributed by atoms with van der Waals surface area (Å²) >= 11 is 0. The van der Waals surface area contributed by atoms with Crippen LogP contribution in [0, 0.1) is 0 Å². The number of halogens is 1. The zero-order valence-electron chi connectivity index (χ0n) is 18.3. The van der Waals surface area contributed by atoms with Crippen molar-refractivity contribution < 1.29 is 4.74 Å². The standard InChI is InChI=1S/C22H33N7O.HI/c1-23-21(25-17-19-6-10-24-20(16-19)29-11-5-9-27-29)26-18-22(7-3-2-4-8-22)28-12-14-30-15-13-28;/h5-6,9-11,16H,2-4,7-8,12-15,17-18H2,1H3,(H2,23,25,26);1H. The van der Waals surface area contributed by atoms with E-state index in [9.17, 15) is 0 Å². The Morgan fingerprint density at radius 3 is 2.68 bits per heavy atom. The first-order valence-corrected chi connectivity index (χ1v) is 11.0. The van der Waals surface area contributed by atoms with E-state index in [1.807, 2.05) is 37.6 Å². The van der Waals surface area contributed by atoms with Crippen LogP contribution in [0.2, 0.25) is 0 Å². The molecule has 0 atom stereocenters. The summed E-state index contributed by atoms with van der Waals surface area (Å²) in [5, 5.41) is 11.3. The molecular weight excluding hydrogens is 505 g/mol. The van der Waals surface area contributed by atoms with Gasteiger partial charge < -0.3 is 15.4 Å². The van der Waals surface area contributed by atoms with Crippen LogP contribution in [-0.2, 0) is 11.3 Å². The molecule has 0 radical (unpaired) electrons. The topological polar surface area (TPSA) is 79.6 Å². The van der Waals surface area contributed by atoms with E-state index in [0.29, 0.717) is 6.54 Å². The quantitative estimate of drug-likeness (QED) is 0.334. The summed E-state index contributed by atoms with van der Waals surface area (Å²) in [5.41, 5.74) is 1.35. The predicted molar refractivity (Wildman–Crippen MR) is 133 cm³/mol. The summed E-state index contributed by atoms with van der Waals surface area (Å²) in [6, 6.07) is 5.96. The lowest BCUT2D eigenvalue weighted by Crippen LogP contribution is -2.60. The molecule has 0 spiro atoms. The van der Waals surface area contributed by atoms with Gasteiger partial charge in [-0.25, -0.2) is 9.67 Å². The van der Waals surface area contributed by atoms with E-state index in [1.54, 1.807) is 10.9 Å². The number of rotatable bonds is 6. The average Bonchev–Trinajstić information content (AvgIpc) is 3.36. The van der Waals surface area contributed by atoms with Gasteiger partial charge in [0.2, 0.25) is 0 Å². The molecule has 3 heterocycles. The molecule has 0 amide bonds. The Hall–Kier alpha value is -1.72. The van der Waals surface area contributed by atoms with Crippen molar-refractivity contribution in [3.63, 3.8) is 0 Å². The van der Waals surface area contributed by atoms with E-state index < -0.39 is 0 Å². The highest BCUT2D eigenvalue weighted by atomic mass is 127. The van der Waals surface area contributed by atoms with Gasteiger partial charge in [-0.05, 0) is 36.6 Å². The second-order valence-corrected chi connectivity index (χ2v) is 8.14. The third-order valence-electron chi connectivity index (χ3n) is 6.28. The fourth-order valence-electron chi connectivity index (χ4n) is 4.61. The largest absolute Gasteiger partial charge is 0.379 e. The molecule has 9 heteroatoms. The Labute approximate surface area is 201 Å². The first-order valence-electron chi connectivity index (χ1n) is 11.0. The maximum Gasteiger partial charge on any atom is 0.191 e. The van der Waals surface area contributed by atoms with Gasteiger partial charge >= 0.3 is 0 Å². The summed E-state index contributed by atoms with van der Waals surface area (Å²) < 4.78 is 7.37. The first kappa shape index (κ1) is 23.9. The van der Waals surface area contributed by atoms with Crippen LogP contribution in [0.25, 0.3) is 5.82 Å². The lowest BCUT2D eigenvalue weighted by molar-refractivity contribution is -0.0352. The number of aromatic nitrogens is 3. The Balaban J connectivity index is 0.00000272. The number of pyridine rings is 1. The molecular formula is C22H34IN7O. The molecule has 2 fully saturated rings. The van der Waals surface area contributed by atoms with Crippen LogP contribution in [0.1, 0.15) is 37.7 Å². The third kappa shape index (κ3) is 6.17. The number of nitrogens with one attached hydrogen (secondary N) is 2. The van der Waals surface area contributed by atoms with E-state index in [0.717, 1.165) is 50.2 Å². The minimum atomic E-state index is 0.